The Balaban J connectivity index is 2.08. The van der Waals surface area contributed by atoms with Gasteiger partial charge < -0.3 is 15.0 Å². The first-order valence-electron chi connectivity index (χ1n) is 7.68. The van der Waals surface area contributed by atoms with E-state index in [1.54, 1.807) is 0 Å². The minimum atomic E-state index is 0.111. The third kappa shape index (κ3) is 4.87. The van der Waals surface area contributed by atoms with Gasteiger partial charge in [0, 0.05) is 25.2 Å². The van der Waals surface area contributed by atoms with E-state index in [0.29, 0.717) is 0 Å². The predicted octanol–water partition coefficient (Wildman–Crippen LogP) is 3.84. The van der Waals surface area contributed by atoms with Gasteiger partial charge in [0.25, 0.3) is 0 Å². The van der Waals surface area contributed by atoms with Crippen molar-refractivity contribution in [2.45, 2.75) is 58.9 Å². The molecule has 4 heteroatoms. The van der Waals surface area contributed by atoms with Crippen molar-refractivity contribution >= 4 is 17.3 Å². The Bertz CT molecular complexity index is 474. The smallest absolute Gasteiger partial charge is 0.0726 e. The fraction of sp³-hybridized carbons (Fsp3) is 0.647. The third-order valence-electron chi connectivity index (χ3n) is 3.60. The van der Waals surface area contributed by atoms with Crippen molar-refractivity contribution in [1.29, 1.82) is 0 Å². The van der Waals surface area contributed by atoms with E-state index in [1.165, 1.54) is 5.56 Å². The number of halogens is 1. The third-order valence-corrected chi connectivity index (χ3v) is 3.90. The predicted molar refractivity (Wildman–Crippen MR) is 90.3 cm³/mol. The topological polar surface area (TPSA) is 24.5 Å². The molecule has 2 unspecified atom stereocenters. The summed E-state index contributed by atoms with van der Waals surface area (Å²) in [4.78, 5) is 2.32. The lowest BCUT2D eigenvalue weighted by molar-refractivity contribution is -0.00520. The minimum absolute atomic E-state index is 0.111. The first-order valence-corrected chi connectivity index (χ1v) is 8.06. The number of nitrogens with one attached hydrogen (secondary N) is 1. The summed E-state index contributed by atoms with van der Waals surface area (Å²) in [6.07, 6.45) is 0.485. The molecule has 0 spiro atoms. The van der Waals surface area contributed by atoms with E-state index in [0.717, 1.165) is 30.3 Å². The SMILES string of the molecule is CC1CN(c2ccc(CNC(C)(C)C)cc2Cl)CC(C)O1. The van der Waals surface area contributed by atoms with Crippen LogP contribution in [0.5, 0.6) is 0 Å². The van der Waals surface area contributed by atoms with Crippen LogP contribution in [-0.4, -0.2) is 30.8 Å². The zero-order valence-electron chi connectivity index (χ0n) is 13.7. The van der Waals surface area contributed by atoms with E-state index in [9.17, 15) is 0 Å². The molecule has 0 bridgehead atoms. The zero-order chi connectivity index (χ0) is 15.6. The average Bonchev–Trinajstić information content (AvgIpc) is 2.34. The summed E-state index contributed by atoms with van der Waals surface area (Å²) in [6, 6.07) is 6.36. The Morgan fingerprint density at radius 3 is 2.38 bits per heavy atom. The molecule has 0 saturated carbocycles. The Hall–Kier alpha value is -0.770. The number of rotatable bonds is 3. The van der Waals surface area contributed by atoms with Crippen molar-refractivity contribution in [1.82, 2.24) is 5.32 Å². The fourth-order valence-corrected chi connectivity index (χ4v) is 2.98. The van der Waals surface area contributed by atoms with E-state index in [4.69, 9.17) is 16.3 Å². The van der Waals surface area contributed by atoms with Crippen molar-refractivity contribution in [2.75, 3.05) is 18.0 Å². The van der Waals surface area contributed by atoms with E-state index < -0.39 is 0 Å². The van der Waals surface area contributed by atoms with Gasteiger partial charge >= 0.3 is 0 Å². The lowest BCUT2D eigenvalue weighted by Gasteiger charge is -2.37. The summed E-state index contributed by atoms with van der Waals surface area (Å²) in [7, 11) is 0. The molecule has 1 aliphatic heterocycles. The average molecular weight is 311 g/mol. The van der Waals surface area contributed by atoms with Gasteiger partial charge in [0.15, 0.2) is 0 Å². The number of ether oxygens (including phenoxy) is 1. The van der Waals surface area contributed by atoms with Gasteiger partial charge in [0.1, 0.15) is 0 Å². The lowest BCUT2D eigenvalue weighted by atomic mass is 10.1. The summed E-state index contributed by atoms with van der Waals surface area (Å²) in [5, 5.41) is 4.31. The van der Waals surface area contributed by atoms with E-state index in [2.05, 4.69) is 63.0 Å². The van der Waals surface area contributed by atoms with Crippen LogP contribution in [0.1, 0.15) is 40.2 Å². The van der Waals surface area contributed by atoms with Crippen molar-refractivity contribution in [3.63, 3.8) is 0 Å². The van der Waals surface area contributed by atoms with Crippen LogP contribution in [0.25, 0.3) is 0 Å². The standard InChI is InChI=1S/C17H27ClN2O/c1-12-10-20(11-13(2)21-12)16-7-6-14(8-15(16)18)9-19-17(3,4)5/h6-8,12-13,19H,9-11H2,1-5H3. The number of hydrogen-bond donors (Lipinski definition) is 1. The van der Waals surface area contributed by atoms with E-state index in [1.807, 2.05) is 0 Å². The minimum Gasteiger partial charge on any atom is -0.372 e. The first-order chi connectivity index (χ1) is 9.74. The van der Waals surface area contributed by atoms with E-state index >= 15 is 0 Å². The highest BCUT2D eigenvalue weighted by Gasteiger charge is 2.23. The molecule has 1 aromatic carbocycles. The van der Waals surface area contributed by atoms with Crippen LogP contribution >= 0.6 is 11.6 Å². The molecule has 21 heavy (non-hydrogen) atoms. The second kappa shape index (κ2) is 6.55. The maximum Gasteiger partial charge on any atom is 0.0726 e. The first kappa shape index (κ1) is 16.6. The molecule has 0 radical (unpaired) electrons. The van der Waals surface area contributed by atoms with Gasteiger partial charge in [0.2, 0.25) is 0 Å². The molecule has 1 fully saturated rings. The van der Waals surface area contributed by atoms with Crippen LogP contribution in [0.3, 0.4) is 0 Å². The van der Waals surface area contributed by atoms with Crippen LogP contribution in [0, 0.1) is 0 Å². The zero-order valence-corrected chi connectivity index (χ0v) is 14.5. The summed E-state index contributed by atoms with van der Waals surface area (Å²) >= 11 is 6.50. The molecule has 3 nitrogen and oxygen atoms in total. The van der Waals surface area contributed by atoms with Crippen LogP contribution in [0.4, 0.5) is 5.69 Å². The van der Waals surface area contributed by atoms with Gasteiger partial charge in [-0.15, -0.1) is 0 Å². The molecule has 0 aromatic heterocycles. The van der Waals surface area contributed by atoms with Crippen LogP contribution in [-0.2, 0) is 11.3 Å². The van der Waals surface area contributed by atoms with Gasteiger partial charge in [-0.1, -0.05) is 17.7 Å². The molecular weight excluding hydrogens is 284 g/mol. The molecule has 1 aromatic rings. The second-order valence-electron chi connectivity index (χ2n) is 7.05. The Morgan fingerprint density at radius 2 is 1.86 bits per heavy atom. The molecule has 118 valence electrons. The molecule has 1 N–H and O–H groups in total. The van der Waals surface area contributed by atoms with Crippen molar-refractivity contribution in [2.24, 2.45) is 0 Å². The highest BCUT2D eigenvalue weighted by Crippen LogP contribution is 2.29. The molecule has 2 atom stereocenters. The second-order valence-corrected chi connectivity index (χ2v) is 7.46. The molecular formula is C17H27ClN2O. The van der Waals surface area contributed by atoms with Crippen molar-refractivity contribution in [3.8, 4) is 0 Å². The molecule has 1 heterocycles. The summed E-state index contributed by atoms with van der Waals surface area (Å²) in [5.74, 6) is 0. The molecule has 0 amide bonds. The maximum atomic E-state index is 6.50. The molecule has 0 aliphatic carbocycles. The summed E-state index contributed by atoms with van der Waals surface area (Å²) < 4.78 is 5.78. The normalized spacial score (nSPS) is 23.4. The van der Waals surface area contributed by atoms with Gasteiger partial charge in [-0.25, -0.2) is 0 Å². The van der Waals surface area contributed by atoms with Crippen LogP contribution in [0.2, 0.25) is 5.02 Å². The van der Waals surface area contributed by atoms with Crippen LogP contribution < -0.4 is 10.2 Å². The van der Waals surface area contributed by atoms with Crippen molar-refractivity contribution < 1.29 is 4.74 Å². The molecule has 2 rings (SSSR count). The molecule has 1 aliphatic rings. The largest absolute Gasteiger partial charge is 0.372 e. The summed E-state index contributed by atoms with van der Waals surface area (Å²) in [5.41, 5.74) is 2.44. The highest BCUT2D eigenvalue weighted by atomic mass is 35.5. The number of hydrogen-bond acceptors (Lipinski definition) is 3. The lowest BCUT2D eigenvalue weighted by Crippen LogP contribution is -2.45. The Labute approximate surface area is 133 Å². The number of benzene rings is 1. The molecule has 1 saturated heterocycles. The van der Waals surface area contributed by atoms with Crippen molar-refractivity contribution in [3.05, 3.63) is 28.8 Å². The van der Waals surface area contributed by atoms with Gasteiger partial charge in [0.05, 0.1) is 22.9 Å². The number of anilines is 1. The summed E-state index contributed by atoms with van der Waals surface area (Å²) in [6.45, 7) is 13.3. The maximum absolute atomic E-state index is 6.50. The Kier molecular flexibility index (Phi) is 5.18. The number of nitrogens with zero attached hydrogens (tertiary/aromatic N) is 1. The highest BCUT2D eigenvalue weighted by molar-refractivity contribution is 6.33. The van der Waals surface area contributed by atoms with Gasteiger partial charge in [-0.3, -0.25) is 0 Å². The van der Waals surface area contributed by atoms with Gasteiger partial charge in [-0.05, 0) is 52.3 Å². The number of morpholine rings is 1. The Morgan fingerprint density at radius 1 is 1.24 bits per heavy atom. The quantitative estimate of drug-likeness (QED) is 0.918. The fourth-order valence-electron chi connectivity index (χ4n) is 2.66. The van der Waals surface area contributed by atoms with Gasteiger partial charge in [-0.2, -0.15) is 0 Å². The van der Waals surface area contributed by atoms with Crippen LogP contribution in [0.15, 0.2) is 18.2 Å². The van der Waals surface area contributed by atoms with E-state index in [-0.39, 0.29) is 17.7 Å². The monoisotopic (exact) mass is 310 g/mol.